The Labute approximate surface area is 198 Å². The molecule has 0 saturated carbocycles. The molecule has 2 aliphatic heterocycles. The van der Waals surface area contributed by atoms with E-state index < -0.39 is 0 Å². The number of carbonyl (C=O) groups excluding carboxylic acids is 1. The summed E-state index contributed by atoms with van der Waals surface area (Å²) in [6.07, 6.45) is 10.8. The lowest BCUT2D eigenvalue weighted by Gasteiger charge is -2.26. The number of piperidine rings is 1. The lowest BCUT2D eigenvalue weighted by Crippen LogP contribution is -2.33. The molecule has 2 saturated heterocycles. The summed E-state index contributed by atoms with van der Waals surface area (Å²) in [5, 5.41) is 6.52. The number of ether oxygens (including phenoxy) is 1. The van der Waals surface area contributed by atoms with Gasteiger partial charge in [0.05, 0.1) is 6.42 Å². The molecule has 0 spiro atoms. The van der Waals surface area contributed by atoms with Gasteiger partial charge in [0.2, 0.25) is 5.91 Å². The first kappa shape index (κ1) is 23.7. The van der Waals surface area contributed by atoms with Gasteiger partial charge in [0.25, 0.3) is 0 Å². The molecule has 0 aliphatic carbocycles. The number of likely N-dealkylation sites (tertiary alicyclic amines) is 1. The summed E-state index contributed by atoms with van der Waals surface area (Å²) in [4.78, 5) is 19.2. The molecule has 2 aromatic rings. The van der Waals surface area contributed by atoms with Crippen molar-refractivity contribution in [1.82, 2.24) is 20.5 Å². The molecule has 0 radical (unpaired) electrons. The second-order valence-corrected chi connectivity index (χ2v) is 9.28. The van der Waals surface area contributed by atoms with E-state index in [9.17, 15) is 4.79 Å². The Hall–Kier alpha value is -2.44. The fourth-order valence-corrected chi connectivity index (χ4v) is 4.73. The molecule has 4 rings (SSSR count). The number of rotatable bonds is 11. The molecule has 1 atom stereocenters. The summed E-state index contributed by atoms with van der Waals surface area (Å²) in [7, 11) is 0. The summed E-state index contributed by atoms with van der Waals surface area (Å²) in [5.74, 6) is 0.946. The van der Waals surface area contributed by atoms with Crippen molar-refractivity contribution >= 4 is 5.91 Å². The number of carbonyl (C=O) groups is 1. The molecular formula is C27H38N4O2. The Kier molecular flexibility index (Phi) is 9.13. The van der Waals surface area contributed by atoms with Crippen LogP contribution in [0.15, 0.2) is 42.6 Å². The van der Waals surface area contributed by atoms with Crippen LogP contribution in [0.1, 0.15) is 50.6 Å². The molecule has 2 N–H and O–H groups in total. The first-order chi connectivity index (χ1) is 16.3. The maximum Gasteiger partial charge on any atom is 0.226 e. The van der Waals surface area contributed by atoms with Crippen molar-refractivity contribution in [2.75, 3.05) is 39.3 Å². The Bertz CT molecular complexity index is 841. The third-order valence-corrected chi connectivity index (χ3v) is 6.69. The van der Waals surface area contributed by atoms with Gasteiger partial charge in [-0.25, -0.2) is 0 Å². The van der Waals surface area contributed by atoms with E-state index in [2.05, 4.69) is 32.7 Å². The third-order valence-electron chi connectivity index (χ3n) is 6.69. The van der Waals surface area contributed by atoms with Crippen LogP contribution in [0, 0.1) is 0 Å². The molecule has 1 aromatic carbocycles. The Morgan fingerprint density at radius 1 is 1.06 bits per heavy atom. The normalized spacial score (nSPS) is 18.8. The van der Waals surface area contributed by atoms with Gasteiger partial charge in [-0.2, -0.15) is 0 Å². The Morgan fingerprint density at radius 2 is 1.88 bits per heavy atom. The van der Waals surface area contributed by atoms with E-state index in [1.807, 2.05) is 30.5 Å². The highest BCUT2D eigenvalue weighted by molar-refractivity contribution is 5.78. The monoisotopic (exact) mass is 450 g/mol. The van der Waals surface area contributed by atoms with Gasteiger partial charge in [0, 0.05) is 36.6 Å². The van der Waals surface area contributed by atoms with E-state index in [1.165, 1.54) is 45.2 Å². The lowest BCUT2D eigenvalue weighted by atomic mass is 10.1. The highest BCUT2D eigenvalue weighted by atomic mass is 16.5. The zero-order chi connectivity index (χ0) is 22.7. The molecule has 1 amide bonds. The van der Waals surface area contributed by atoms with Crippen LogP contribution in [0.25, 0.3) is 11.1 Å². The van der Waals surface area contributed by atoms with E-state index in [1.54, 1.807) is 0 Å². The molecule has 2 aliphatic rings. The lowest BCUT2D eigenvalue weighted by molar-refractivity contribution is -0.120. The molecule has 3 heterocycles. The Morgan fingerprint density at radius 3 is 2.61 bits per heavy atom. The highest BCUT2D eigenvalue weighted by Crippen LogP contribution is 2.22. The van der Waals surface area contributed by atoms with Crippen molar-refractivity contribution in [3.05, 3.63) is 48.3 Å². The van der Waals surface area contributed by atoms with Crippen molar-refractivity contribution in [2.45, 2.75) is 57.4 Å². The number of pyridine rings is 1. The predicted molar refractivity (Wildman–Crippen MR) is 132 cm³/mol. The molecule has 6 heteroatoms. The minimum absolute atomic E-state index is 0.0423. The van der Waals surface area contributed by atoms with Crippen LogP contribution in [-0.4, -0.2) is 61.2 Å². The van der Waals surface area contributed by atoms with Gasteiger partial charge in [0.1, 0.15) is 12.4 Å². The maximum absolute atomic E-state index is 12.2. The first-order valence-electron chi connectivity index (χ1n) is 12.7. The van der Waals surface area contributed by atoms with Gasteiger partial charge in [-0.3, -0.25) is 14.7 Å². The van der Waals surface area contributed by atoms with Crippen LogP contribution in [-0.2, 0) is 11.2 Å². The molecule has 6 nitrogen and oxygen atoms in total. The summed E-state index contributed by atoms with van der Waals surface area (Å²) >= 11 is 0. The molecule has 1 aromatic heterocycles. The highest BCUT2D eigenvalue weighted by Gasteiger charge is 2.13. The number of hydrogen-bond donors (Lipinski definition) is 2. The van der Waals surface area contributed by atoms with E-state index >= 15 is 0 Å². The average Bonchev–Trinajstić information content (AvgIpc) is 3.37. The van der Waals surface area contributed by atoms with Gasteiger partial charge in [-0.1, -0.05) is 24.6 Å². The number of amides is 1. The van der Waals surface area contributed by atoms with Crippen LogP contribution in [0.2, 0.25) is 0 Å². The van der Waals surface area contributed by atoms with Crippen LogP contribution in [0.4, 0.5) is 0 Å². The zero-order valence-electron chi connectivity index (χ0n) is 19.7. The minimum Gasteiger partial charge on any atom is -0.492 e. The van der Waals surface area contributed by atoms with Gasteiger partial charge in [-0.05, 0) is 81.9 Å². The van der Waals surface area contributed by atoms with Gasteiger partial charge in [-0.15, -0.1) is 0 Å². The van der Waals surface area contributed by atoms with Crippen LogP contribution < -0.4 is 15.4 Å². The number of nitrogens with one attached hydrogen (secondary N) is 2. The first-order valence-corrected chi connectivity index (χ1v) is 12.7. The zero-order valence-corrected chi connectivity index (χ0v) is 19.7. The molecule has 0 bridgehead atoms. The summed E-state index contributed by atoms with van der Waals surface area (Å²) < 4.78 is 5.93. The molecule has 2 fully saturated rings. The maximum atomic E-state index is 12.2. The van der Waals surface area contributed by atoms with Crippen molar-refractivity contribution in [1.29, 1.82) is 0 Å². The van der Waals surface area contributed by atoms with Gasteiger partial charge >= 0.3 is 0 Å². The SMILES string of the molecule is O=C(Cc1ccc(-c2ccc(OCCN3CCCCC3)cc2)cn1)NCCCC1CCCN1. The van der Waals surface area contributed by atoms with Crippen molar-refractivity contribution < 1.29 is 9.53 Å². The number of aromatic nitrogens is 1. The van der Waals surface area contributed by atoms with Crippen molar-refractivity contribution in [2.24, 2.45) is 0 Å². The number of hydrogen-bond acceptors (Lipinski definition) is 5. The number of nitrogens with zero attached hydrogens (tertiary/aromatic N) is 2. The molecule has 178 valence electrons. The summed E-state index contributed by atoms with van der Waals surface area (Å²) in [6.45, 7) is 6.00. The van der Waals surface area contributed by atoms with E-state index in [0.717, 1.165) is 61.7 Å². The van der Waals surface area contributed by atoms with Crippen LogP contribution in [0.5, 0.6) is 5.75 Å². The average molecular weight is 451 g/mol. The van der Waals surface area contributed by atoms with E-state index in [4.69, 9.17) is 4.74 Å². The second-order valence-electron chi connectivity index (χ2n) is 9.28. The van der Waals surface area contributed by atoms with Crippen molar-refractivity contribution in [3.8, 4) is 16.9 Å². The van der Waals surface area contributed by atoms with Crippen LogP contribution in [0.3, 0.4) is 0 Å². The smallest absolute Gasteiger partial charge is 0.226 e. The quantitative estimate of drug-likeness (QED) is 0.510. The molecular weight excluding hydrogens is 412 g/mol. The fraction of sp³-hybridized carbons (Fsp3) is 0.556. The topological polar surface area (TPSA) is 66.5 Å². The predicted octanol–water partition coefficient (Wildman–Crippen LogP) is 3.80. The fourth-order valence-electron chi connectivity index (χ4n) is 4.73. The summed E-state index contributed by atoms with van der Waals surface area (Å²) in [5.41, 5.74) is 2.94. The largest absolute Gasteiger partial charge is 0.492 e. The standard InChI is InChI=1S/C27H38N4O2/c32-27(29-15-5-7-24-6-4-14-28-24)20-25-11-8-23(21-30-25)22-9-12-26(13-10-22)33-19-18-31-16-2-1-3-17-31/h8-13,21,24,28H,1-7,14-20H2,(H,29,32). The van der Waals surface area contributed by atoms with E-state index in [0.29, 0.717) is 12.5 Å². The summed E-state index contributed by atoms with van der Waals surface area (Å²) in [6, 6.07) is 12.8. The minimum atomic E-state index is 0.0423. The van der Waals surface area contributed by atoms with Gasteiger partial charge < -0.3 is 15.4 Å². The molecule has 1 unspecified atom stereocenters. The van der Waals surface area contributed by atoms with Gasteiger partial charge in [0.15, 0.2) is 0 Å². The third kappa shape index (κ3) is 7.83. The Balaban J connectivity index is 1.16. The van der Waals surface area contributed by atoms with Crippen LogP contribution >= 0.6 is 0 Å². The second kappa shape index (κ2) is 12.7. The van der Waals surface area contributed by atoms with E-state index in [-0.39, 0.29) is 5.91 Å². The number of benzene rings is 1. The molecule has 33 heavy (non-hydrogen) atoms. The van der Waals surface area contributed by atoms with Crippen molar-refractivity contribution in [3.63, 3.8) is 0 Å².